The average molecular weight is 573 g/mol. The number of carboxylic acid groups (broad SMARTS) is 1. The molecule has 1 aromatic rings. The fourth-order valence-corrected chi connectivity index (χ4v) is 6.88. The maximum Gasteiger partial charge on any atom is 0.407 e. The van der Waals surface area contributed by atoms with Crippen molar-refractivity contribution >= 4 is 35.0 Å². The molecule has 1 aromatic heterocycles. The van der Waals surface area contributed by atoms with E-state index in [1.807, 2.05) is 27.7 Å². The van der Waals surface area contributed by atoms with E-state index in [1.165, 1.54) is 0 Å². The summed E-state index contributed by atoms with van der Waals surface area (Å²) in [4.78, 5) is 41.2. The van der Waals surface area contributed by atoms with Crippen LogP contribution in [0.3, 0.4) is 0 Å². The number of ether oxygens (including phenoxy) is 2. The summed E-state index contributed by atoms with van der Waals surface area (Å²) >= 11 is 1.10. The Hall–Kier alpha value is -2.57. The Morgan fingerprint density at radius 3 is 2.60 bits per heavy atom. The molecule has 9 heteroatoms. The van der Waals surface area contributed by atoms with Crippen molar-refractivity contribution in [2.45, 2.75) is 104 Å². The molecule has 2 amide bonds. The van der Waals surface area contributed by atoms with Crippen LogP contribution in [0.2, 0.25) is 0 Å². The minimum absolute atomic E-state index is 0.0482. The van der Waals surface area contributed by atoms with E-state index in [0.29, 0.717) is 36.1 Å². The topological polar surface area (TPSA) is 105 Å². The van der Waals surface area contributed by atoms with Gasteiger partial charge in [0.25, 0.3) is 0 Å². The minimum atomic E-state index is -1.07. The molecule has 0 unspecified atom stereocenters. The second-order valence-corrected chi connectivity index (χ2v) is 13.8. The molecule has 4 atom stereocenters. The van der Waals surface area contributed by atoms with Gasteiger partial charge in [0.15, 0.2) is 0 Å². The minimum Gasteiger partial charge on any atom is -0.477 e. The molecular weight excluding hydrogens is 528 g/mol. The van der Waals surface area contributed by atoms with Crippen molar-refractivity contribution in [3.63, 3.8) is 0 Å². The van der Waals surface area contributed by atoms with Crippen LogP contribution < -0.4 is 10.2 Å². The highest BCUT2D eigenvalue weighted by Crippen LogP contribution is 2.38. The lowest BCUT2D eigenvalue weighted by Crippen LogP contribution is -2.45. The molecule has 0 aromatic carbocycles. The van der Waals surface area contributed by atoms with Crippen LogP contribution in [-0.2, 0) is 14.3 Å². The van der Waals surface area contributed by atoms with E-state index in [1.54, 1.807) is 11.0 Å². The summed E-state index contributed by atoms with van der Waals surface area (Å²) in [5.41, 5.74) is 0.156. The third-order valence-corrected chi connectivity index (χ3v) is 9.34. The lowest BCUT2D eigenvalue weighted by Gasteiger charge is -2.35. The fraction of sp³-hybridized carbons (Fsp3) is 0.710. The van der Waals surface area contributed by atoms with Gasteiger partial charge < -0.3 is 24.8 Å². The molecule has 3 aliphatic rings. The molecule has 2 heterocycles. The number of carbonyl (C=O) groups excluding carboxylic acids is 2. The van der Waals surface area contributed by atoms with E-state index in [2.05, 4.69) is 24.1 Å². The highest BCUT2D eigenvalue weighted by Gasteiger charge is 2.42. The standard InChI is InChI=1S/C31H44N2O6S/c1-19-9-11-21(12-10-19)28(34)33(24-17-22(13-15-31(3,4)5)40-27(24)29(35)36)20(2)14-16-32-30(37)39-26-18-38-25-8-6-7-23(25)26/h17,19-21,23,25-26H,6-12,14,16,18H2,1-5H3,(H,32,37)(H,35,36)/t19?,20-,21?,23+,25-,26-/m0/s1. The Balaban J connectivity index is 1.48. The number of carbonyl (C=O) groups is 3. The molecule has 40 heavy (non-hydrogen) atoms. The van der Waals surface area contributed by atoms with Crippen molar-refractivity contribution in [2.75, 3.05) is 18.1 Å². The van der Waals surface area contributed by atoms with Crippen LogP contribution in [-0.4, -0.2) is 54.5 Å². The van der Waals surface area contributed by atoms with E-state index in [4.69, 9.17) is 9.47 Å². The van der Waals surface area contributed by atoms with Gasteiger partial charge in [-0.15, -0.1) is 11.3 Å². The highest BCUT2D eigenvalue weighted by atomic mass is 32.1. The normalized spacial score (nSPS) is 26.8. The van der Waals surface area contributed by atoms with Gasteiger partial charge in [0.1, 0.15) is 11.0 Å². The van der Waals surface area contributed by atoms with E-state index in [0.717, 1.165) is 56.3 Å². The van der Waals surface area contributed by atoms with Crippen LogP contribution in [0.1, 0.15) is 101 Å². The summed E-state index contributed by atoms with van der Waals surface area (Å²) < 4.78 is 11.4. The molecule has 220 valence electrons. The second kappa shape index (κ2) is 12.9. The van der Waals surface area contributed by atoms with Gasteiger partial charge in [-0.3, -0.25) is 4.79 Å². The van der Waals surface area contributed by atoms with Gasteiger partial charge >= 0.3 is 12.1 Å². The molecule has 1 aliphatic heterocycles. The Kier molecular flexibility index (Phi) is 9.84. The summed E-state index contributed by atoms with van der Waals surface area (Å²) in [6.07, 6.45) is 6.66. The summed E-state index contributed by atoms with van der Waals surface area (Å²) in [6.45, 7) is 10.9. The summed E-state index contributed by atoms with van der Waals surface area (Å²) in [6, 6.07) is 1.41. The molecule has 1 saturated heterocycles. The first-order valence-electron chi connectivity index (χ1n) is 14.7. The zero-order valence-corrected chi connectivity index (χ0v) is 25.3. The molecule has 2 N–H and O–H groups in total. The van der Waals surface area contributed by atoms with Gasteiger partial charge in [-0.1, -0.05) is 25.2 Å². The monoisotopic (exact) mass is 572 g/mol. The number of thiophene rings is 1. The third-order valence-electron chi connectivity index (χ3n) is 8.32. The Labute approximate surface area is 242 Å². The first-order valence-corrected chi connectivity index (χ1v) is 15.5. The van der Waals surface area contributed by atoms with Gasteiger partial charge in [-0.2, -0.15) is 0 Å². The highest BCUT2D eigenvalue weighted by molar-refractivity contribution is 7.15. The van der Waals surface area contributed by atoms with Crippen LogP contribution in [0.15, 0.2) is 6.07 Å². The van der Waals surface area contributed by atoms with Crippen LogP contribution in [0.5, 0.6) is 0 Å². The Morgan fingerprint density at radius 1 is 1.20 bits per heavy atom. The van der Waals surface area contributed by atoms with Crippen molar-refractivity contribution < 1.29 is 29.0 Å². The summed E-state index contributed by atoms with van der Waals surface area (Å²) in [5.74, 6) is 5.87. The van der Waals surface area contributed by atoms with Gasteiger partial charge in [0, 0.05) is 29.8 Å². The molecule has 2 saturated carbocycles. The van der Waals surface area contributed by atoms with Crippen LogP contribution in [0.25, 0.3) is 0 Å². The van der Waals surface area contributed by atoms with Crippen molar-refractivity contribution in [2.24, 2.45) is 23.2 Å². The third kappa shape index (κ3) is 7.58. The number of nitrogens with one attached hydrogen (secondary N) is 1. The molecule has 0 bridgehead atoms. The van der Waals surface area contributed by atoms with E-state index < -0.39 is 12.1 Å². The van der Waals surface area contributed by atoms with Gasteiger partial charge in [-0.05, 0) is 84.6 Å². The maximum atomic E-state index is 14.0. The molecule has 3 fully saturated rings. The smallest absolute Gasteiger partial charge is 0.407 e. The Morgan fingerprint density at radius 2 is 1.93 bits per heavy atom. The van der Waals surface area contributed by atoms with Crippen LogP contribution >= 0.6 is 11.3 Å². The number of anilines is 1. The molecule has 2 aliphatic carbocycles. The predicted octanol–water partition coefficient (Wildman–Crippen LogP) is 6.08. The SMILES string of the molecule is CC1CCC(C(=O)N(c2cc(C#CC(C)(C)C)sc2C(=O)O)[C@@H](C)CCNC(=O)O[C@H]2CO[C@H]3CCC[C@H]32)CC1. The predicted molar refractivity (Wildman–Crippen MR) is 156 cm³/mol. The van der Waals surface area contributed by atoms with Gasteiger partial charge in [-0.25, -0.2) is 9.59 Å². The van der Waals surface area contributed by atoms with Crippen LogP contribution in [0, 0.1) is 35.0 Å². The number of aromatic carboxylic acids is 1. The van der Waals surface area contributed by atoms with E-state index in [-0.39, 0.29) is 46.3 Å². The maximum absolute atomic E-state index is 14.0. The molecule has 8 nitrogen and oxygen atoms in total. The first kappa shape index (κ1) is 30.4. The first-order chi connectivity index (χ1) is 18.9. The zero-order valence-electron chi connectivity index (χ0n) is 24.5. The quantitative estimate of drug-likeness (QED) is 0.366. The number of nitrogens with zero attached hydrogens (tertiary/aromatic N) is 1. The zero-order chi connectivity index (χ0) is 29.0. The van der Waals surface area contributed by atoms with E-state index >= 15 is 0 Å². The number of alkyl carbamates (subject to hydrolysis) is 1. The summed E-state index contributed by atoms with van der Waals surface area (Å²) in [7, 11) is 0. The second-order valence-electron chi connectivity index (χ2n) is 12.8. The largest absolute Gasteiger partial charge is 0.477 e. The van der Waals surface area contributed by atoms with Gasteiger partial charge in [0.05, 0.1) is 23.3 Å². The van der Waals surface area contributed by atoms with Crippen LogP contribution in [0.4, 0.5) is 10.5 Å². The number of carboxylic acids is 1. The average Bonchev–Trinajstić information content (AvgIpc) is 3.60. The molecular formula is C31H44N2O6S. The molecule has 4 rings (SSSR count). The van der Waals surface area contributed by atoms with Crippen molar-refractivity contribution in [3.8, 4) is 11.8 Å². The van der Waals surface area contributed by atoms with Crippen molar-refractivity contribution in [1.82, 2.24) is 5.32 Å². The summed E-state index contributed by atoms with van der Waals surface area (Å²) in [5, 5.41) is 12.9. The number of rotatable bonds is 8. The van der Waals surface area contributed by atoms with Crippen molar-refractivity contribution in [1.29, 1.82) is 0 Å². The lowest BCUT2D eigenvalue weighted by molar-refractivity contribution is -0.124. The fourth-order valence-electron chi connectivity index (χ4n) is 6.04. The van der Waals surface area contributed by atoms with E-state index in [9.17, 15) is 19.5 Å². The number of amides is 2. The van der Waals surface area contributed by atoms with Crippen molar-refractivity contribution in [3.05, 3.63) is 15.8 Å². The molecule has 0 spiro atoms. The molecule has 0 radical (unpaired) electrons. The Bertz CT molecular complexity index is 1140. The number of hydrogen-bond acceptors (Lipinski definition) is 6. The lowest BCUT2D eigenvalue weighted by atomic mass is 9.82. The van der Waals surface area contributed by atoms with Gasteiger partial charge in [0.2, 0.25) is 5.91 Å². The number of hydrogen-bond donors (Lipinski definition) is 2. The number of fused-ring (bicyclic) bond motifs is 1.